The van der Waals surface area contributed by atoms with Gasteiger partial charge >= 0.3 is 0 Å². The van der Waals surface area contributed by atoms with Crippen LogP contribution in [0.2, 0.25) is 0 Å². The van der Waals surface area contributed by atoms with E-state index in [2.05, 4.69) is 20.2 Å². The average Bonchev–Trinajstić information content (AvgIpc) is 2.99. The van der Waals surface area contributed by atoms with E-state index in [0.29, 0.717) is 38.0 Å². The summed E-state index contributed by atoms with van der Waals surface area (Å²) in [5.41, 5.74) is -0.772. The van der Waals surface area contributed by atoms with Gasteiger partial charge in [-0.25, -0.2) is 9.97 Å². The normalized spacial score (nSPS) is 25.2. The number of β-amino-alcohol motifs (C(OH)–C–C–N with tert-alkyl or cyclic N) is 1. The molecular formula is C17H27N5O3. The smallest absolute Gasteiger partial charge is 0.219 e. The van der Waals surface area contributed by atoms with Crippen LogP contribution in [0.1, 0.15) is 26.2 Å². The van der Waals surface area contributed by atoms with Gasteiger partial charge in [-0.1, -0.05) is 0 Å². The molecule has 2 fully saturated rings. The monoisotopic (exact) mass is 349 g/mol. The predicted octanol–water partition coefficient (Wildman–Crippen LogP) is 0.345. The van der Waals surface area contributed by atoms with Crippen molar-refractivity contribution in [3.05, 3.63) is 12.4 Å². The van der Waals surface area contributed by atoms with Crippen molar-refractivity contribution in [1.29, 1.82) is 0 Å². The van der Waals surface area contributed by atoms with E-state index in [1.54, 1.807) is 25.0 Å². The quantitative estimate of drug-likeness (QED) is 0.792. The number of ether oxygens (including phenoxy) is 1. The number of aliphatic hydroxyl groups is 1. The molecule has 1 unspecified atom stereocenters. The number of amides is 1. The fourth-order valence-electron chi connectivity index (χ4n) is 3.65. The second-order valence-electron chi connectivity index (χ2n) is 7.06. The number of nitrogens with one attached hydrogen (secondary N) is 1. The van der Waals surface area contributed by atoms with Gasteiger partial charge in [-0.05, 0) is 19.3 Å². The summed E-state index contributed by atoms with van der Waals surface area (Å²) in [5.74, 6) is 1.37. The van der Waals surface area contributed by atoms with Crippen molar-refractivity contribution in [2.24, 2.45) is 0 Å². The van der Waals surface area contributed by atoms with E-state index < -0.39 is 5.60 Å². The summed E-state index contributed by atoms with van der Waals surface area (Å²) in [6.07, 6.45) is 4.12. The van der Waals surface area contributed by atoms with Crippen LogP contribution in [0, 0.1) is 0 Å². The Hall–Kier alpha value is -1.93. The van der Waals surface area contributed by atoms with Crippen molar-refractivity contribution in [1.82, 2.24) is 19.8 Å². The fourth-order valence-corrected chi connectivity index (χ4v) is 3.65. The first-order valence-corrected chi connectivity index (χ1v) is 8.80. The highest BCUT2D eigenvalue weighted by atomic mass is 16.5. The summed E-state index contributed by atoms with van der Waals surface area (Å²) in [4.78, 5) is 23.7. The third-order valence-corrected chi connectivity index (χ3v) is 5.09. The van der Waals surface area contributed by atoms with Gasteiger partial charge in [-0.15, -0.1) is 0 Å². The highest BCUT2D eigenvalue weighted by molar-refractivity contribution is 5.73. The van der Waals surface area contributed by atoms with Crippen LogP contribution in [0.4, 0.5) is 5.82 Å². The molecule has 25 heavy (non-hydrogen) atoms. The molecular weight excluding hydrogens is 322 g/mol. The molecule has 0 bridgehead atoms. The lowest BCUT2D eigenvalue weighted by atomic mass is 9.99. The van der Waals surface area contributed by atoms with Crippen molar-refractivity contribution >= 4 is 11.7 Å². The molecule has 1 aromatic rings. The zero-order valence-corrected chi connectivity index (χ0v) is 14.9. The molecule has 8 nitrogen and oxygen atoms in total. The number of piperidine rings is 1. The molecule has 8 heteroatoms. The summed E-state index contributed by atoms with van der Waals surface area (Å²) in [5, 5.41) is 14.2. The fraction of sp³-hybridized carbons (Fsp3) is 0.706. The van der Waals surface area contributed by atoms with Crippen LogP contribution in [0.3, 0.4) is 0 Å². The SMILES string of the molecule is COc1cc(NC2CCN(CC3(O)CCN(C(C)=O)C3)CC2)ncn1. The van der Waals surface area contributed by atoms with Gasteiger partial charge in [-0.3, -0.25) is 4.79 Å². The van der Waals surface area contributed by atoms with Crippen molar-refractivity contribution in [2.75, 3.05) is 45.2 Å². The maximum atomic E-state index is 11.5. The van der Waals surface area contributed by atoms with E-state index in [9.17, 15) is 9.90 Å². The van der Waals surface area contributed by atoms with Crippen molar-refractivity contribution in [3.8, 4) is 5.88 Å². The maximum Gasteiger partial charge on any atom is 0.219 e. The van der Waals surface area contributed by atoms with Gasteiger partial charge in [-0.2, -0.15) is 0 Å². The Kier molecular flexibility index (Phi) is 5.39. The average molecular weight is 349 g/mol. The van der Waals surface area contributed by atoms with Gasteiger partial charge in [0.2, 0.25) is 11.8 Å². The number of nitrogens with zero attached hydrogens (tertiary/aromatic N) is 4. The molecule has 0 radical (unpaired) electrons. The highest BCUT2D eigenvalue weighted by Gasteiger charge is 2.39. The molecule has 2 saturated heterocycles. The van der Waals surface area contributed by atoms with E-state index in [-0.39, 0.29) is 5.91 Å². The maximum absolute atomic E-state index is 11.5. The van der Waals surface area contributed by atoms with Crippen LogP contribution in [0.5, 0.6) is 5.88 Å². The number of aromatic nitrogens is 2. The number of carbonyl (C=O) groups excluding carboxylic acids is 1. The van der Waals surface area contributed by atoms with Crippen LogP contribution in [-0.2, 0) is 4.79 Å². The van der Waals surface area contributed by atoms with Gasteiger partial charge in [0, 0.05) is 45.2 Å². The summed E-state index contributed by atoms with van der Waals surface area (Å²) in [6.45, 7) is 5.13. The number of rotatable bonds is 5. The lowest BCUT2D eigenvalue weighted by molar-refractivity contribution is -0.129. The molecule has 1 atom stereocenters. The first kappa shape index (κ1) is 17.9. The molecule has 2 aliphatic heterocycles. The van der Waals surface area contributed by atoms with Crippen LogP contribution < -0.4 is 10.1 Å². The van der Waals surface area contributed by atoms with E-state index in [0.717, 1.165) is 31.7 Å². The summed E-state index contributed by atoms with van der Waals surface area (Å²) in [7, 11) is 1.59. The first-order valence-electron chi connectivity index (χ1n) is 8.80. The second kappa shape index (κ2) is 7.53. The minimum atomic E-state index is -0.772. The topological polar surface area (TPSA) is 90.8 Å². The number of hydrogen-bond donors (Lipinski definition) is 2. The van der Waals surface area contributed by atoms with Crippen LogP contribution in [-0.4, -0.2) is 82.3 Å². The van der Waals surface area contributed by atoms with E-state index in [1.165, 1.54) is 6.33 Å². The van der Waals surface area contributed by atoms with Gasteiger partial charge < -0.3 is 25.0 Å². The molecule has 3 rings (SSSR count). The third-order valence-electron chi connectivity index (χ3n) is 5.09. The predicted molar refractivity (Wildman–Crippen MR) is 93.5 cm³/mol. The second-order valence-corrected chi connectivity index (χ2v) is 7.06. The highest BCUT2D eigenvalue weighted by Crippen LogP contribution is 2.25. The molecule has 0 aromatic carbocycles. The molecule has 2 aliphatic rings. The van der Waals surface area contributed by atoms with Gasteiger partial charge in [0.05, 0.1) is 19.3 Å². The van der Waals surface area contributed by atoms with E-state index in [4.69, 9.17) is 4.74 Å². The lowest BCUT2D eigenvalue weighted by Gasteiger charge is -2.36. The largest absolute Gasteiger partial charge is 0.481 e. The Balaban J connectivity index is 1.46. The minimum Gasteiger partial charge on any atom is -0.481 e. The molecule has 1 aromatic heterocycles. The Labute approximate surface area is 148 Å². The van der Waals surface area contributed by atoms with Gasteiger partial charge in [0.15, 0.2) is 0 Å². The molecule has 0 saturated carbocycles. The van der Waals surface area contributed by atoms with Crippen molar-refractivity contribution in [2.45, 2.75) is 37.8 Å². The molecule has 138 valence electrons. The van der Waals surface area contributed by atoms with E-state index in [1.807, 2.05) is 0 Å². The number of hydrogen-bond acceptors (Lipinski definition) is 7. The molecule has 3 heterocycles. The number of anilines is 1. The molecule has 0 aliphatic carbocycles. The number of methoxy groups -OCH3 is 1. The Morgan fingerprint density at radius 2 is 2.16 bits per heavy atom. The first-order chi connectivity index (χ1) is 12.0. The number of carbonyl (C=O) groups is 1. The minimum absolute atomic E-state index is 0.0408. The van der Waals surface area contributed by atoms with Crippen LogP contribution in [0.25, 0.3) is 0 Å². The van der Waals surface area contributed by atoms with Crippen LogP contribution >= 0.6 is 0 Å². The molecule has 1 amide bonds. The lowest BCUT2D eigenvalue weighted by Crippen LogP contribution is -2.49. The van der Waals surface area contributed by atoms with E-state index >= 15 is 0 Å². The zero-order chi connectivity index (χ0) is 17.9. The van der Waals surface area contributed by atoms with Crippen LogP contribution in [0.15, 0.2) is 12.4 Å². The third kappa shape index (κ3) is 4.58. The number of likely N-dealkylation sites (tertiary alicyclic amines) is 2. The van der Waals surface area contributed by atoms with Crippen molar-refractivity contribution in [3.63, 3.8) is 0 Å². The zero-order valence-electron chi connectivity index (χ0n) is 14.9. The van der Waals surface area contributed by atoms with Gasteiger partial charge in [0.25, 0.3) is 0 Å². The molecule has 2 N–H and O–H groups in total. The summed E-state index contributed by atoms with van der Waals surface area (Å²) >= 11 is 0. The van der Waals surface area contributed by atoms with Gasteiger partial charge in [0.1, 0.15) is 12.1 Å². The standard InChI is InChI=1S/C17H27N5O3/c1-13(23)22-8-5-17(24,11-22)10-21-6-3-14(4-7-21)20-15-9-16(25-2)19-12-18-15/h9,12,14,24H,3-8,10-11H2,1-2H3,(H,18,19,20). The summed E-state index contributed by atoms with van der Waals surface area (Å²) in [6, 6.07) is 2.15. The summed E-state index contributed by atoms with van der Waals surface area (Å²) < 4.78 is 5.12. The molecule has 0 spiro atoms. The Morgan fingerprint density at radius 3 is 2.80 bits per heavy atom. The van der Waals surface area contributed by atoms with Crippen molar-refractivity contribution < 1.29 is 14.6 Å². The Morgan fingerprint density at radius 1 is 1.40 bits per heavy atom. The Bertz CT molecular complexity index is 606.